The second-order valence-electron chi connectivity index (χ2n) is 5.08. The van der Waals surface area contributed by atoms with Gasteiger partial charge in [0.25, 0.3) is 0 Å². The second kappa shape index (κ2) is 5.47. The third-order valence-corrected chi connectivity index (χ3v) is 4.26. The number of piperidine rings is 1. The summed E-state index contributed by atoms with van der Waals surface area (Å²) < 4.78 is 1.03. The van der Waals surface area contributed by atoms with Crippen molar-refractivity contribution in [2.75, 3.05) is 25.0 Å². The molecule has 0 bridgehead atoms. The maximum Gasteiger partial charge on any atom is 0.0936 e. The number of likely N-dealkylation sites (N-methyl/N-ethyl adjacent to an activating group) is 1. The van der Waals surface area contributed by atoms with E-state index >= 15 is 0 Å². The van der Waals surface area contributed by atoms with Crippen molar-refractivity contribution in [1.82, 2.24) is 10.3 Å². The zero-order chi connectivity index (χ0) is 13.2. The molecule has 1 aromatic carbocycles. The van der Waals surface area contributed by atoms with Crippen molar-refractivity contribution in [3.63, 3.8) is 0 Å². The van der Waals surface area contributed by atoms with Crippen LogP contribution in [0, 0.1) is 0 Å². The predicted molar refractivity (Wildman–Crippen MR) is 83.7 cm³/mol. The number of rotatable bonds is 2. The van der Waals surface area contributed by atoms with Crippen molar-refractivity contribution >= 4 is 32.5 Å². The molecule has 1 fully saturated rings. The zero-order valence-corrected chi connectivity index (χ0v) is 12.7. The lowest BCUT2D eigenvalue weighted by Crippen LogP contribution is -2.44. The van der Waals surface area contributed by atoms with Crippen LogP contribution in [0.3, 0.4) is 0 Å². The zero-order valence-electron chi connectivity index (χ0n) is 11.1. The molecule has 0 spiro atoms. The highest BCUT2D eigenvalue weighted by Crippen LogP contribution is 2.28. The molecule has 1 aromatic heterocycles. The van der Waals surface area contributed by atoms with Crippen LogP contribution in [0.25, 0.3) is 10.9 Å². The molecule has 0 radical (unpaired) electrons. The smallest absolute Gasteiger partial charge is 0.0936 e. The van der Waals surface area contributed by atoms with Crippen LogP contribution in [-0.4, -0.2) is 31.2 Å². The van der Waals surface area contributed by atoms with E-state index in [0.29, 0.717) is 6.04 Å². The highest BCUT2D eigenvalue weighted by molar-refractivity contribution is 9.10. The summed E-state index contributed by atoms with van der Waals surface area (Å²) in [6, 6.07) is 9.14. The van der Waals surface area contributed by atoms with Gasteiger partial charge in [-0.15, -0.1) is 0 Å². The van der Waals surface area contributed by atoms with E-state index in [9.17, 15) is 0 Å². The van der Waals surface area contributed by atoms with Gasteiger partial charge in [-0.2, -0.15) is 0 Å². The van der Waals surface area contributed by atoms with Gasteiger partial charge in [0.15, 0.2) is 0 Å². The van der Waals surface area contributed by atoms with Crippen LogP contribution in [0.1, 0.15) is 12.8 Å². The molecule has 1 N–H and O–H groups in total. The lowest BCUT2D eigenvalue weighted by atomic mass is 10.0. The van der Waals surface area contributed by atoms with Crippen LogP contribution in [0.4, 0.5) is 5.69 Å². The Labute approximate surface area is 122 Å². The van der Waals surface area contributed by atoms with Crippen molar-refractivity contribution in [3.8, 4) is 0 Å². The Bertz CT molecular complexity index is 585. The van der Waals surface area contributed by atoms with Gasteiger partial charge in [0.2, 0.25) is 0 Å². The van der Waals surface area contributed by atoms with Crippen LogP contribution >= 0.6 is 15.9 Å². The van der Waals surface area contributed by atoms with E-state index in [0.717, 1.165) is 23.1 Å². The largest absolute Gasteiger partial charge is 0.368 e. The first-order chi connectivity index (χ1) is 9.28. The molecule has 19 heavy (non-hydrogen) atoms. The topological polar surface area (TPSA) is 28.2 Å². The van der Waals surface area contributed by atoms with Crippen molar-refractivity contribution in [2.45, 2.75) is 18.9 Å². The first-order valence-corrected chi connectivity index (χ1v) is 7.54. The van der Waals surface area contributed by atoms with Crippen LogP contribution in [-0.2, 0) is 0 Å². The number of nitrogens with one attached hydrogen (secondary N) is 1. The Balaban J connectivity index is 2.00. The summed E-state index contributed by atoms with van der Waals surface area (Å²) in [6.45, 7) is 2.18. The molecule has 3 rings (SSSR count). The number of pyridine rings is 1. The maximum atomic E-state index is 4.60. The van der Waals surface area contributed by atoms with E-state index in [2.05, 4.69) is 55.4 Å². The van der Waals surface area contributed by atoms with E-state index < -0.39 is 0 Å². The van der Waals surface area contributed by atoms with Gasteiger partial charge in [-0.3, -0.25) is 4.98 Å². The Morgan fingerprint density at radius 3 is 3.16 bits per heavy atom. The van der Waals surface area contributed by atoms with Crippen LogP contribution in [0.2, 0.25) is 0 Å². The monoisotopic (exact) mass is 319 g/mol. The predicted octanol–water partition coefficient (Wildman–Crippen LogP) is 3.19. The summed E-state index contributed by atoms with van der Waals surface area (Å²) in [7, 11) is 2.05. The van der Waals surface area contributed by atoms with Crippen molar-refractivity contribution < 1.29 is 0 Å². The molecule has 1 aliphatic rings. The van der Waals surface area contributed by atoms with E-state index in [1.165, 1.54) is 23.9 Å². The van der Waals surface area contributed by atoms with Crippen LogP contribution in [0.5, 0.6) is 0 Å². The Hall–Kier alpha value is -1.13. The second-order valence-corrected chi connectivity index (χ2v) is 5.99. The minimum atomic E-state index is 0.583. The molecule has 2 heterocycles. The average molecular weight is 320 g/mol. The van der Waals surface area contributed by atoms with Gasteiger partial charge in [0, 0.05) is 35.2 Å². The number of hydrogen-bond donors (Lipinski definition) is 1. The molecule has 3 nitrogen and oxygen atoms in total. The number of fused-ring (bicyclic) bond motifs is 1. The maximum absolute atomic E-state index is 4.60. The van der Waals surface area contributed by atoms with Crippen molar-refractivity contribution in [2.24, 2.45) is 0 Å². The third-order valence-electron chi connectivity index (χ3n) is 3.83. The number of aromatic nitrogens is 1. The number of benzene rings is 1. The Kier molecular flexibility index (Phi) is 3.71. The van der Waals surface area contributed by atoms with Gasteiger partial charge < -0.3 is 10.2 Å². The van der Waals surface area contributed by atoms with Gasteiger partial charge >= 0.3 is 0 Å². The van der Waals surface area contributed by atoms with E-state index in [4.69, 9.17) is 0 Å². The molecule has 0 aliphatic carbocycles. The minimum absolute atomic E-state index is 0.583. The lowest BCUT2D eigenvalue weighted by Gasteiger charge is -2.34. The molecular weight excluding hydrogens is 302 g/mol. The fourth-order valence-electron chi connectivity index (χ4n) is 2.80. The fraction of sp³-hybridized carbons (Fsp3) is 0.400. The van der Waals surface area contributed by atoms with Gasteiger partial charge in [0.1, 0.15) is 0 Å². The number of anilines is 1. The molecule has 2 aromatic rings. The van der Waals surface area contributed by atoms with Gasteiger partial charge in [-0.05, 0) is 48.0 Å². The quantitative estimate of drug-likeness (QED) is 0.921. The summed E-state index contributed by atoms with van der Waals surface area (Å²) in [5.41, 5.74) is 2.35. The van der Waals surface area contributed by atoms with E-state index in [-0.39, 0.29) is 0 Å². The Morgan fingerprint density at radius 2 is 2.32 bits per heavy atom. The first kappa shape index (κ1) is 12.9. The van der Waals surface area contributed by atoms with E-state index in [1.54, 1.807) is 0 Å². The van der Waals surface area contributed by atoms with Gasteiger partial charge in [-0.25, -0.2) is 0 Å². The number of nitrogens with zero attached hydrogens (tertiary/aromatic N) is 2. The molecule has 1 unspecified atom stereocenters. The lowest BCUT2D eigenvalue weighted by molar-refractivity contribution is 0.450. The average Bonchev–Trinajstić information content (AvgIpc) is 2.46. The molecule has 100 valence electrons. The molecular formula is C15H18BrN3. The summed E-state index contributed by atoms with van der Waals surface area (Å²) >= 11 is 3.49. The Morgan fingerprint density at radius 1 is 1.42 bits per heavy atom. The molecule has 1 aliphatic heterocycles. The fourth-order valence-corrected chi connectivity index (χ4v) is 3.15. The summed E-state index contributed by atoms with van der Waals surface area (Å²) in [4.78, 5) is 7.05. The molecule has 0 amide bonds. The number of para-hydroxylation sites is 1. The first-order valence-electron chi connectivity index (χ1n) is 6.74. The van der Waals surface area contributed by atoms with Crippen LogP contribution in [0.15, 0.2) is 34.9 Å². The minimum Gasteiger partial charge on any atom is -0.368 e. The number of halogens is 1. The standard InChI is InChI=1S/C15H18BrN3/c1-17-13-5-3-7-19(10-13)14-6-2-4-11-8-12(16)9-18-15(11)14/h2,4,6,8-9,13,17H,3,5,7,10H2,1H3. The van der Waals surface area contributed by atoms with E-state index in [1.807, 2.05) is 13.2 Å². The van der Waals surface area contributed by atoms with Crippen molar-refractivity contribution in [3.05, 3.63) is 34.9 Å². The van der Waals surface area contributed by atoms with Crippen molar-refractivity contribution in [1.29, 1.82) is 0 Å². The molecule has 1 saturated heterocycles. The highest BCUT2D eigenvalue weighted by Gasteiger charge is 2.20. The highest BCUT2D eigenvalue weighted by atomic mass is 79.9. The van der Waals surface area contributed by atoms with Gasteiger partial charge in [0.05, 0.1) is 11.2 Å². The molecule has 1 atom stereocenters. The van der Waals surface area contributed by atoms with Crippen LogP contribution < -0.4 is 10.2 Å². The van der Waals surface area contributed by atoms with Gasteiger partial charge in [-0.1, -0.05) is 12.1 Å². The number of hydrogen-bond acceptors (Lipinski definition) is 3. The summed E-state index contributed by atoms with van der Waals surface area (Å²) in [5, 5.41) is 4.58. The molecule has 0 saturated carbocycles. The SMILES string of the molecule is CNC1CCCN(c2cccc3cc(Br)cnc23)C1. The molecule has 4 heteroatoms. The third kappa shape index (κ3) is 2.60. The summed E-state index contributed by atoms with van der Waals surface area (Å²) in [5.74, 6) is 0. The normalized spacial score (nSPS) is 19.9. The summed E-state index contributed by atoms with van der Waals surface area (Å²) in [6.07, 6.45) is 4.38.